The molecule has 0 bridgehead atoms. The van der Waals surface area contributed by atoms with Crippen molar-refractivity contribution >= 4 is 23.4 Å². The lowest BCUT2D eigenvalue weighted by Gasteiger charge is -2.25. The molecule has 0 radical (unpaired) electrons. The zero-order valence-electron chi connectivity index (χ0n) is 19.4. The minimum Gasteiger partial charge on any atom is -0.494 e. The molecule has 0 fully saturated rings. The zero-order chi connectivity index (χ0) is 23.5. The van der Waals surface area contributed by atoms with Crippen molar-refractivity contribution < 1.29 is 14.5 Å². The molecule has 178 valence electrons. The monoisotopic (exact) mass is 470 g/mol. The van der Waals surface area contributed by atoms with Gasteiger partial charge in [-0.1, -0.05) is 88.6 Å². The second kappa shape index (κ2) is 13.2. The average Bonchev–Trinajstić information content (AvgIpc) is 2.82. The summed E-state index contributed by atoms with van der Waals surface area (Å²) in [6.45, 7) is 2.97. The average molecular weight is 471 g/mol. The molecule has 2 aromatic rings. The first-order valence-electron chi connectivity index (χ1n) is 12.1. The highest BCUT2D eigenvalue weighted by atomic mass is 32.2. The number of carbonyl (C=O) groups excluding carboxylic acids is 1. The van der Waals surface area contributed by atoms with Crippen molar-refractivity contribution in [2.45, 2.75) is 81.4 Å². The maximum atomic E-state index is 12.5. The van der Waals surface area contributed by atoms with Gasteiger partial charge < -0.3 is 10.1 Å². The van der Waals surface area contributed by atoms with E-state index in [1.54, 1.807) is 6.07 Å². The van der Waals surface area contributed by atoms with Crippen LogP contribution in [-0.2, 0) is 0 Å². The number of ether oxygens (including phenoxy) is 1. The summed E-state index contributed by atoms with van der Waals surface area (Å²) in [4.78, 5) is 23.7. The Kier molecular flexibility index (Phi) is 10.1. The number of nitrogens with one attached hydrogen (secondary N) is 1. The molecule has 1 unspecified atom stereocenters. The van der Waals surface area contributed by atoms with E-state index in [2.05, 4.69) is 12.2 Å². The van der Waals surface area contributed by atoms with E-state index in [-0.39, 0.29) is 17.0 Å². The third kappa shape index (κ3) is 7.77. The van der Waals surface area contributed by atoms with E-state index in [0.29, 0.717) is 5.56 Å². The maximum absolute atomic E-state index is 12.5. The molecule has 0 saturated carbocycles. The Bertz CT molecular complexity index is 917. The molecule has 1 heterocycles. The number of hydrogen-bond donors (Lipinski definition) is 1. The van der Waals surface area contributed by atoms with Crippen molar-refractivity contribution in [3.63, 3.8) is 0 Å². The highest BCUT2D eigenvalue weighted by molar-refractivity contribution is 7.99. The Balaban J connectivity index is 1.37. The number of fused-ring (bicyclic) bond motifs is 1. The number of nitro groups is 1. The van der Waals surface area contributed by atoms with E-state index >= 15 is 0 Å². The molecular formula is C26H34N2O4S. The second-order valence-electron chi connectivity index (χ2n) is 8.51. The van der Waals surface area contributed by atoms with Gasteiger partial charge in [-0.3, -0.25) is 14.9 Å². The first kappa shape index (κ1) is 25.1. The Morgan fingerprint density at radius 1 is 0.939 bits per heavy atom. The zero-order valence-corrected chi connectivity index (χ0v) is 20.2. The fourth-order valence-corrected chi connectivity index (χ4v) is 5.07. The SMILES string of the molecule is CCCCCCCCCCCCOc1ccc(C2NC(=O)c3cc([N+](=O)[O-])ccc3S2)cc1. The number of thioether (sulfide) groups is 1. The van der Waals surface area contributed by atoms with Gasteiger partial charge in [0.15, 0.2) is 0 Å². The normalized spacial score (nSPS) is 15.1. The summed E-state index contributed by atoms with van der Waals surface area (Å²) >= 11 is 1.48. The topological polar surface area (TPSA) is 81.5 Å². The molecule has 0 aliphatic carbocycles. The lowest BCUT2D eigenvalue weighted by atomic mass is 10.1. The Hall–Kier alpha value is -2.54. The van der Waals surface area contributed by atoms with Crippen LogP contribution in [0.25, 0.3) is 0 Å². The number of unbranched alkanes of at least 4 members (excludes halogenated alkanes) is 9. The number of non-ortho nitro benzene ring substituents is 1. The molecule has 33 heavy (non-hydrogen) atoms. The van der Waals surface area contributed by atoms with Crippen LogP contribution in [0.4, 0.5) is 5.69 Å². The van der Waals surface area contributed by atoms with E-state index in [1.165, 1.54) is 81.7 Å². The van der Waals surface area contributed by atoms with Crippen molar-refractivity contribution in [2.75, 3.05) is 6.61 Å². The first-order valence-corrected chi connectivity index (χ1v) is 12.9. The molecule has 1 atom stereocenters. The van der Waals surface area contributed by atoms with E-state index < -0.39 is 4.92 Å². The van der Waals surface area contributed by atoms with E-state index in [0.717, 1.165) is 29.2 Å². The quantitative estimate of drug-likeness (QED) is 0.176. The van der Waals surface area contributed by atoms with Crippen molar-refractivity contribution in [3.8, 4) is 5.75 Å². The van der Waals surface area contributed by atoms with Gasteiger partial charge in [0.1, 0.15) is 11.1 Å². The van der Waals surface area contributed by atoms with Crippen LogP contribution < -0.4 is 10.1 Å². The molecule has 0 spiro atoms. The highest BCUT2D eigenvalue weighted by Gasteiger charge is 2.27. The van der Waals surface area contributed by atoms with Gasteiger partial charge >= 0.3 is 0 Å². The molecule has 2 aromatic carbocycles. The largest absolute Gasteiger partial charge is 0.494 e. The molecule has 3 rings (SSSR count). The van der Waals surface area contributed by atoms with Gasteiger partial charge in [-0.05, 0) is 30.2 Å². The summed E-state index contributed by atoms with van der Waals surface area (Å²) < 4.78 is 5.88. The number of nitrogens with zero attached hydrogens (tertiary/aromatic N) is 1. The van der Waals surface area contributed by atoms with Crippen LogP contribution in [-0.4, -0.2) is 17.4 Å². The van der Waals surface area contributed by atoms with Crippen molar-refractivity contribution in [1.29, 1.82) is 0 Å². The Morgan fingerprint density at radius 2 is 1.58 bits per heavy atom. The number of carbonyl (C=O) groups is 1. The highest BCUT2D eigenvalue weighted by Crippen LogP contribution is 2.40. The van der Waals surface area contributed by atoms with Crippen LogP contribution in [0, 0.1) is 10.1 Å². The number of rotatable bonds is 14. The smallest absolute Gasteiger partial charge is 0.270 e. The Labute approximate surface area is 200 Å². The fourth-order valence-electron chi connectivity index (χ4n) is 3.93. The summed E-state index contributed by atoms with van der Waals surface area (Å²) in [6.07, 6.45) is 13.0. The second-order valence-corrected chi connectivity index (χ2v) is 9.66. The molecule has 1 amide bonds. The lowest BCUT2D eigenvalue weighted by Crippen LogP contribution is -2.30. The number of hydrogen-bond acceptors (Lipinski definition) is 5. The summed E-state index contributed by atoms with van der Waals surface area (Å²) in [7, 11) is 0. The molecule has 1 aliphatic rings. The predicted molar refractivity (Wildman–Crippen MR) is 133 cm³/mol. The van der Waals surface area contributed by atoms with E-state index in [1.807, 2.05) is 24.3 Å². The Morgan fingerprint density at radius 3 is 2.21 bits per heavy atom. The van der Waals surface area contributed by atoms with Crippen molar-refractivity contribution in [1.82, 2.24) is 5.32 Å². The standard InChI is InChI=1S/C26H34N2O4S/c1-2-3-4-5-6-7-8-9-10-11-18-32-22-15-12-20(13-16-22)26-27-25(29)23-19-21(28(30)31)14-17-24(23)33-26/h12-17,19,26H,2-11,18H2,1H3,(H,27,29). The number of amides is 1. The first-order chi connectivity index (χ1) is 16.1. The molecule has 7 heteroatoms. The van der Waals surface area contributed by atoms with Crippen LogP contribution in [0.3, 0.4) is 0 Å². The minimum atomic E-state index is -0.487. The summed E-state index contributed by atoms with van der Waals surface area (Å²) in [5, 5.41) is 13.7. The fraction of sp³-hybridized carbons (Fsp3) is 0.500. The van der Waals surface area contributed by atoms with Crippen molar-refractivity contribution in [2.24, 2.45) is 0 Å². The van der Waals surface area contributed by atoms with Gasteiger partial charge in [-0.25, -0.2) is 0 Å². The third-order valence-electron chi connectivity index (χ3n) is 5.88. The predicted octanol–water partition coefficient (Wildman–Crippen LogP) is 7.43. The van der Waals surface area contributed by atoms with Crippen LogP contribution in [0.2, 0.25) is 0 Å². The van der Waals surface area contributed by atoms with E-state index in [4.69, 9.17) is 4.74 Å². The van der Waals surface area contributed by atoms with Gasteiger partial charge in [0.2, 0.25) is 0 Å². The molecule has 6 nitrogen and oxygen atoms in total. The van der Waals surface area contributed by atoms with Crippen LogP contribution in [0.1, 0.15) is 92.4 Å². The molecule has 1 aliphatic heterocycles. The number of nitro benzene ring substituents is 1. The van der Waals surface area contributed by atoms with E-state index in [9.17, 15) is 14.9 Å². The van der Waals surface area contributed by atoms with Gasteiger partial charge in [0.25, 0.3) is 11.6 Å². The summed E-state index contributed by atoms with van der Waals surface area (Å²) in [5.74, 6) is 0.538. The summed E-state index contributed by atoms with van der Waals surface area (Å²) in [6, 6.07) is 12.2. The van der Waals surface area contributed by atoms with Crippen LogP contribution in [0.15, 0.2) is 47.4 Å². The third-order valence-corrected chi connectivity index (χ3v) is 7.11. The molecule has 0 saturated heterocycles. The van der Waals surface area contributed by atoms with Crippen molar-refractivity contribution in [3.05, 3.63) is 63.7 Å². The van der Waals surface area contributed by atoms with Crippen LogP contribution in [0.5, 0.6) is 5.75 Å². The van der Waals surface area contributed by atoms with Gasteiger partial charge in [0, 0.05) is 17.0 Å². The molecule has 0 aromatic heterocycles. The maximum Gasteiger partial charge on any atom is 0.270 e. The molecular weight excluding hydrogens is 436 g/mol. The van der Waals surface area contributed by atoms with Gasteiger partial charge in [-0.15, -0.1) is 0 Å². The molecule has 1 N–H and O–H groups in total. The lowest BCUT2D eigenvalue weighted by molar-refractivity contribution is -0.384. The van der Waals surface area contributed by atoms with Gasteiger partial charge in [-0.2, -0.15) is 0 Å². The summed E-state index contributed by atoms with van der Waals surface area (Å²) in [5.41, 5.74) is 1.23. The number of benzene rings is 2. The van der Waals surface area contributed by atoms with Gasteiger partial charge in [0.05, 0.1) is 17.1 Å². The minimum absolute atomic E-state index is 0.0770. The van der Waals surface area contributed by atoms with Crippen LogP contribution >= 0.6 is 11.8 Å².